The Labute approximate surface area is 146 Å². The van der Waals surface area contributed by atoms with Gasteiger partial charge in [0, 0.05) is 31.0 Å². The highest BCUT2D eigenvalue weighted by Crippen LogP contribution is 2.31. The van der Waals surface area contributed by atoms with Crippen LogP contribution in [0.3, 0.4) is 0 Å². The van der Waals surface area contributed by atoms with Crippen LogP contribution in [-0.4, -0.2) is 34.2 Å². The summed E-state index contributed by atoms with van der Waals surface area (Å²) in [5.41, 5.74) is 1.98. The average Bonchev–Trinajstić information content (AvgIpc) is 3.26. The molecule has 0 saturated carbocycles. The minimum Gasteiger partial charge on any atom is -0.361 e. The summed E-state index contributed by atoms with van der Waals surface area (Å²) in [5, 5.41) is 10.3. The molecule has 2 aromatic heterocycles. The van der Waals surface area contributed by atoms with E-state index in [2.05, 4.69) is 34.7 Å². The third kappa shape index (κ3) is 3.77. The third-order valence-electron chi connectivity index (χ3n) is 4.28. The summed E-state index contributed by atoms with van der Waals surface area (Å²) in [6, 6.07) is 1.91. The first-order valence-electron chi connectivity index (χ1n) is 8.46. The maximum absolute atomic E-state index is 12.5. The monoisotopic (exact) mass is 348 g/mol. The van der Waals surface area contributed by atoms with E-state index in [4.69, 9.17) is 4.52 Å². The fourth-order valence-electron chi connectivity index (χ4n) is 2.94. The summed E-state index contributed by atoms with van der Waals surface area (Å²) in [4.78, 5) is 18.9. The van der Waals surface area contributed by atoms with Crippen molar-refractivity contribution in [3.05, 3.63) is 33.6 Å². The molecule has 2 amide bonds. The number of aryl methyl sites for hydroxylation is 1. The summed E-state index contributed by atoms with van der Waals surface area (Å²) >= 11 is 1.66. The second-order valence-corrected chi connectivity index (χ2v) is 7.46. The molecule has 0 unspecified atom stereocenters. The molecular formula is C17H24N4O2S. The Balaban J connectivity index is 1.52. The molecule has 3 rings (SSSR count). The zero-order valence-corrected chi connectivity index (χ0v) is 15.2. The van der Waals surface area contributed by atoms with E-state index in [1.54, 1.807) is 11.3 Å². The zero-order valence-electron chi connectivity index (χ0n) is 14.4. The van der Waals surface area contributed by atoms with Crippen LogP contribution < -0.4 is 5.32 Å². The largest absolute Gasteiger partial charge is 0.361 e. The number of urea groups is 1. The number of nitrogens with zero attached hydrogens (tertiary/aromatic N) is 3. The van der Waals surface area contributed by atoms with E-state index in [1.807, 2.05) is 17.9 Å². The molecule has 1 aliphatic rings. The van der Waals surface area contributed by atoms with Gasteiger partial charge in [-0.25, -0.2) is 9.78 Å². The standard InChI is InChI=1S/C17H24N4O2S/c1-11(2)14-10-24-16(19-14)6-7-18-17(22)21-8-4-5-15(21)13-9-12(3)23-20-13/h9-11,15H,4-8H2,1-3H3,(H,18,22)/t15-/m1/s1. The number of carbonyl (C=O) groups is 1. The van der Waals surface area contributed by atoms with Gasteiger partial charge < -0.3 is 14.7 Å². The minimum atomic E-state index is -0.0289. The van der Waals surface area contributed by atoms with Gasteiger partial charge in [0.15, 0.2) is 0 Å². The first-order valence-corrected chi connectivity index (χ1v) is 9.34. The Bertz CT molecular complexity index is 694. The number of carbonyl (C=O) groups excluding carboxylic acids is 1. The van der Waals surface area contributed by atoms with Crippen molar-refractivity contribution in [3.8, 4) is 0 Å². The van der Waals surface area contributed by atoms with Gasteiger partial charge in [-0.15, -0.1) is 11.3 Å². The highest BCUT2D eigenvalue weighted by atomic mass is 32.1. The van der Waals surface area contributed by atoms with E-state index in [0.717, 1.165) is 48.0 Å². The number of rotatable bonds is 5. The number of hydrogen-bond donors (Lipinski definition) is 1. The Kier molecular flexibility index (Phi) is 5.18. The number of nitrogens with one attached hydrogen (secondary N) is 1. The molecule has 24 heavy (non-hydrogen) atoms. The van der Waals surface area contributed by atoms with Crippen LogP contribution in [0, 0.1) is 6.92 Å². The topological polar surface area (TPSA) is 71.3 Å². The van der Waals surface area contributed by atoms with Gasteiger partial charge in [-0.2, -0.15) is 0 Å². The lowest BCUT2D eigenvalue weighted by molar-refractivity contribution is 0.191. The molecule has 1 aliphatic heterocycles. The van der Waals surface area contributed by atoms with E-state index in [0.29, 0.717) is 12.5 Å². The highest BCUT2D eigenvalue weighted by Gasteiger charge is 2.31. The summed E-state index contributed by atoms with van der Waals surface area (Å²) < 4.78 is 5.15. The van der Waals surface area contributed by atoms with Gasteiger partial charge in [-0.3, -0.25) is 0 Å². The molecule has 7 heteroatoms. The molecule has 6 nitrogen and oxygen atoms in total. The maximum atomic E-state index is 12.5. The normalized spacial score (nSPS) is 17.7. The van der Waals surface area contributed by atoms with Crippen molar-refractivity contribution in [2.24, 2.45) is 0 Å². The smallest absolute Gasteiger partial charge is 0.317 e. The Morgan fingerprint density at radius 1 is 1.54 bits per heavy atom. The van der Waals surface area contributed by atoms with Crippen LogP contribution in [0.5, 0.6) is 0 Å². The van der Waals surface area contributed by atoms with Crippen molar-refractivity contribution >= 4 is 17.4 Å². The third-order valence-corrected chi connectivity index (χ3v) is 5.20. The first kappa shape index (κ1) is 17.0. The van der Waals surface area contributed by atoms with Crippen LogP contribution in [0.15, 0.2) is 16.0 Å². The van der Waals surface area contributed by atoms with E-state index >= 15 is 0 Å². The van der Waals surface area contributed by atoms with Crippen LogP contribution in [0.25, 0.3) is 0 Å². The predicted octanol–water partition coefficient (Wildman–Crippen LogP) is 3.65. The van der Waals surface area contributed by atoms with Gasteiger partial charge in [0.2, 0.25) is 0 Å². The van der Waals surface area contributed by atoms with E-state index in [1.165, 1.54) is 0 Å². The Hall–Kier alpha value is -1.89. The van der Waals surface area contributed by atoms with Gasteiger partial charge >= 0.3 is 6.03 Å². The lowest BCUT2D eigenvalue weighted by atomic mass is 10.1. The zero-order chi connectivity index (χ0) is 17.1. The second-order valence-electron chi connectivity index (χ2n) is 6.52. The molecule has 1 N–H and O–H groups in total. The molecule has 0 aromatic carbocycles. The molecule has 2 aromatic rings. The first-order chi connectivity index (χ1) is 11.5. The van der Waals surface area contributed by atoms with Crippen molar-refractivity contribution in [1.29, 1.82) is 0 Å². The van der Waals surface area contributed by atoms with Crippen molar-refractivity contribution in [1.82, 2.24) is 20.4 Å². The molecule has 0 radical (unpaired) electrons. The molecule has 0 aliphatic carbocycles. The number of thiazole rings is 1. The van der Waals surface area contributed by atoms with E-state index < -0.39 is 0 Å². The number of hydrogen-bond acceptors (Lipinski definition) is 5. The molecule has 1 fully saturated rings. The SMILES string of the molecule is Cc1cc([C@H]2CCCN2C(=O)NCCc2nc(C(C)C)cs2)no1. The summed E-state index contributed by atoms with van der Waals surface area (Å²) in [6.45, 7) is 7.51. The number of amides is 2. The molecule has 0 bridgehead atoms. The molecule has 130 valence electrons. The fourth-order valence-corrected chi connectivity index (χ4v) is 3.90. The summed E-state index contributed by atoms with van der Waals surface area (Å²) in [6.07, 6.45) is 2.70. The molecule has 0 spiro atoms. The summed E-state index contributed by atoms with van der Waals surface area (Å²) in [5.74, 6) is 1.22. The van der Waals surface area contributed by atoms with Crippen LogP contribution in [0.4, 0.5) is 4.79 Å². The van der Waals surface area contributed by atoms with Gasteiger partial charge in [0.25, 0.3) is 0 Å². The van der Waals surface area contributed by atoms with Crippen molar-refractivity contribution < 1.29 is 9.32 Å². The molecule has 1 saturated heterocycles. The van der Waals surface area contributed by atoms with Crippen LogP contribution in [-0.2, 0) is 6.42 Å². The molecule has 3 heterocycles. The fraction of sp³-hybridized carbons (Fsp3) is 0.588. The second kappa shape index (κ2) is 7.34. The Morgan fingerprint density at radius 3 is 3.04 bits per heavy atom. The number of aromatic nitrogens is 2. The Morgan fingerprint density at radius 2 is 2.38 bits per heavy atom. The van der Waals surface area contributed by atoms with Crippen molar-refractivity contribution in [2.45, 2.75) is 52.0 Å². The van der Waals surface area contributed by atoms with E-state index in [-0.39, 0.29) is 12.1 Å². The summed E-state index contributed by atoms with van der Waals surface area (Å²) in [7, 11) is 0. The molecule has 1 atom stereocenters. The van der Waals surface area contributed by atoms with Crippen LogP contribution in [0.2, 0.25) is 0 Å². The highest BCUT2D eigenvalue weighted by molar-refractivity contribution is 7.09. The van der Waals surface area contributed by atoms with Gasteiger partial charge in [-0.1, -0.05) is 19.0 Å². The van der Waals surface area contributed by atoms with E-state index in [9.17, 15) is 4.79 Å². The number of likely N-dealkylation sites (tertiary alicyclic amines) is 1. The lowest BCUT2D eigenvalue weighted by Gasteiger charge is -2.23. The van der Waals surface area contributed by atoms with Gasteiger partial charge in [0.05, 0.1) is 16.7 Å². The maximum Gasteiger partial charge on any atom is 0.317 e. The predicted molar refractivity (Wildman–Crippen MR) is 93.2 cm³/mol. The lowest BCUT2D eigenvalue weighted by Crippen LogP contribution is -2.40. The van der Waals surface area contributed by atoms with Crippen LogP contribution in [0.1, 0.15) is 60.8 Å². The van der Waals surface area contributed by atoms with Crippen molar-refractivity contribution in [2.75, 3.05) is 13.1 Å². The average molecular weight is 348 g/mol. The quantitative estimate of drug-likeness (QED) is 0.895. The molecular weight excluding hydrogens is 324 g/mol. The van der Waals surface area contributed by atoms with Crippen LogP contribution >= 0.6 is 11.3 Å². The van der Waals surface area contributed by atoms with Crippen molar-refractivity contribution in [3.63, 3.8) is 0 Å². The minimum absolute atomic E-state index is 0.0230. The van der Waals surface area contributed by atoms with Gasteiger partial charge in [-0.05, 0) is 25.7 Å². The van der Waals surface area contributed by atoms with Gasteiger partial charge in [0.1, 0.15) is 11.5 Å².